The van der Waals surface area contributed by atoms with Gasteiger partial charge in [0.05, 0.1) is 0 Å². The average Bonchev–Trinajstić information content (AvgIpc) is 2.53. The van der Waals surface area contributed by atoms with Crippen LogP contribution in [0.4, 0.5) is 5.69 Å². The Hall–Kier alpha value is -1.88. The number of carbonyl (C=O) groups is 2. The van der Waals surface area contributed by atoms with Crippen molar-refractivity contribution in [3.05, 3.63) is 29.8 Å². The summed E-state index contributed by atoms with van der Waals surface area (Å²) in [6.45, 7) is 8.03. The van der Waals surface area contributed by atoms with Crippen LogP contribution < -0.4 is 5.32 Å². The lowest BCUT2D eigenvalue weighted by Gasteiger charge is -2.34. The van der Waals surface area contributed by atoms with Gasteiger partial charge in [-0.25, -0.2) is 0 Å². The Balaban J connectivity index is 1.75. The largest absolute Gasteiger partial charge is 0.340 e. The normalized spacial score (nSPS) is 15.6. The molecule has 2 amide bonds. The molecular formula is C17H25N3O2. The van der Waals surface area contributed by atoms with E-state index in [4.69, 9.17) is 0 Å². The summed E-state index contributed by atoms with van der Waals surface area (Å²) in [7, 11) is 0. The average molecular weight is 303 g/mol. The van der Waals surface area contributed by atoms with Crippen LogP contribution in [0.25, 0.3) is 0 Å². The summed E-state index contributed by atoms with van der Waals surface area (Å²) >= 11 is 0. The van der Waals surface area contributed by atoms with Crippen LogP contribution >= 0.6 is 0 Å². The van der Waals surface area contributed by atoms with Crippen LogP contribution in [0.2, 0.25) is 0 Å². The molecule has 120 valence electrons. The third kappa shape index (κ3) is 4.84. The highest BCUT2D eigenvalue weighted by molar-refractivity contribution is 5.88. The molecule has 1 aliphatic rings. The van der Waals surface area contributed by atoms with Gasteiger partial charge in [-0.15, -0.1) is 0 Å². The minimum atomic E-state index is -0.0488. The Labute approximate surface area is 132 Å². The van der Waals surface area contributed by atoms with E-state index in [2.05, 4.69) is 22.3 Å². The summed E-state index contributed by atoms with van der Waals surface area (Å²) in [5.74, 6) is 0.209. The van der Waals surface area contributed by atoms with Gasteiger partial charge < -0.3 is 10.2 Å². The van der Waals surface area contributed by atoms with Gasteiger partial charge in [0, 0.05) is 51.8 Å². The number of carbonyl (C=O) groups excluding carboxylic acids is 2. The number of nitrogens with one attached hydrogen (secondary N) is 1. The number of nitrogens with zero attached hydrogens (tertiary/aromatic N) is 2. The number of rotatable bonds is 5. The Morgan fingerprint density at radius 2 is 1.73 bits per heavy atom. The van der Waals surface area contributed by atoms with E-state index < -0.39 is 0 Å². The molecule has 1 fully saturated rings. The van der Waals surface area contributed by atoms with E-state index in [1.165, 1.54) is 12.5 Å². The van der Waals surface area contributed by atoms with Crippen LogP contribution in [0.5, 0.6) is 0 Å². The van der Waals surface area contributed by atoms with E-state index in [-0.39, 0.29) is 11.8 Å². The molecule has 1 saturated heterocycles. The summed E-state index contributed by atoms with van der Waals surface area (Å²) in [4.78, 5) is 27.0. The second-order valence-corrected chi connectivity index (χ2v) is 5.70. The maximum Gasteiger partial charge on any atom is 0.222 e. The molecule has 0 saturated carbocycles. The van der Waals surface area contributed by atoms with Gasteiger partial charge in [0.25, 0.3) is 0 Å². The van der Waals surface area contributed by atoms with Gasteiger partial charge >= 0.3 is 0 Å². The summed E-state index contributed by atoms with van der Waals surface area (Å²) < 4.78 is 0. The zero-order valence-electron chi connectivity index (χ0n) is 13.5. The van der Waals surface area contributed by atoms with Gasteiger partial charge in [0.2, 0.25) is 11.8 Å². The number of benzene rings is 1. The van der Waals surface area contributed by atoms with Gasteiger partial charge in [-0.2, -0.15) is 0 Å². The third-order valence-corrected chi connectivity index (χ3v) is 4.02. The SMILES string of the molecule is CCC(=O)N1CCN(CCc2ccc(NC(C)=O)cc2)CC1. The van der Waals surface area contributed by atoms with E-state index in [0.29, 0.717) is 6.42 Å². The fourth-order valence-corrected chi connectivity index (χ4v) is 2.69. The molecule has 1 N–H and O–H groups in total. The minimum absolute atomic E-state index is 0.0488. The van der Waals surface area contributed by atoms with Crippen LogP contribution in [0.15, 0.2) is 24.3 Å². The summed E-state index contributed by atoms with van der Waals surface area (Å²) in [5.41, 5.74) is 2.10. The van der Waals surface area contributed by atoms with Crippen LogP contribution in [0, 0.1) is 0 Å². The van der Waals surface area contributed by atoms with E-state index in [9.17, 15) is 9.59 Å². The molecule has 22 heavy (non-hydrogen) atoms. The lowest BCUT2D eigenvalue weighted by atomic mass is 10.1. The highest BCUT2D eigenvalue weighted by atomic mass is 16.2. The van der Waals surface area contributed by atoms with Gasteiger partial charge in [-0.3, -0.25) is 14.5 Å². The first-order valence-corrected chi connectivity index (χ1v) is 7.95. The molecule has 5 heteroatoms. The molecule has 1 aromatic carbocycles. The maximum atomic E-state index is 11.6. The monoisotopic (exact) mass is 303 g/mol. The molecule has 0 spiro atoms. The van der Waals surface area contributed by atoms with Crippen molar-refractivity contribution in [2.75, 3.05) is 38.0 Å². The quantitative estimate of drug-likeness (QED) is 0.901. The number of hydrogen-bond acceptors (Lipinski definition) is 3. The van der Waals surface area contributed by atoms with Crippen molar-refractivity contribution >= 4 is 17.5 Å². The van der Waals surface area contributed by atoms with Crippen LogP contribution in [0.3, 0.4) is 0 Å². The summed E-state index contributed by atoms with van der Waals surface area (Å²) in [6, 6.07) is 7.99. The van der Waals surface area contributed by atoms with Crippen LogP contribution in [0.1, 0.15) is 25.8 Å². The van der Waals surface area contributed by atoms with E-state index in [0.717, 1.165) is 44.8 Å². The van der Waals surface area contributed by atoms with Crippen molar-refractivity contribution in [1.29, 1.82) is 0 Å². The second-order valence-electron chi connectivity index (χ2n) is 5.70. The van der Waals surface area contributed by atoms with Crippen molar-refractivity contribution in [1.82, 2.24) is 9.80 Å². The molecule has 1 heterocycles. The first-order chi connectivity index (χ1) is 10.6. The molecule has 0 aromatic heterocycles. The van der Waals surface area contributed by atoms with Crippen molar-refractivity contribution < 1.29 is 9.59 Å². The topological polar surface area (TPSA) is 52.7 Å². The predicted octanol–water partition coefficient (Wildman–Crippen LogP) is 1.74. The fourth-order valence-electron chi connectivity index (χ4n) is 2.69. The summed E-state index contributed by atoms with van der Waals surface area (Å²) in [6.07, 6.45) is 1.59. The molecule has 1 aromatic rings. The number of anilines is 1. The lowest BCUT2D eigenvalue weighted by molar-refractivity contribution is -0.132. The fraction of sp³-hybridized carbons (Fsp3) is 0.529. The smallest absolute Gasteiger partial charge is 0.222 e. The standard InChI is InChI=1S/C17H25N3O2/c1-3-17(22)20-12-10-19(11-13-20)9-8-15-4-6-16(7-5-15)18-14(2)21/h4-7H,3,8-13H2,1-2H3,(H,18,21). The molecule has 0 radical (unpaired) electrons. The van der Waals surface area contributed by atoms with Crippen molar-refractivity contribution in [3.8, 4) is 0 Å². The first kappa shape index (κ1) is 16.5. The molecule has 2 rings (SSSR count). The molecule has 0 aliphatic carbocycles. The van der Waals surface area contributed by atoms with Gasteiger partial charge in [-0.1, -0.05) is 19.1 Å². The van der Waals surface area contributed by atoms with Gasteiger partial charge in [0.1, 0.15) is 0 Å². The molecule has 0 atom stereocenters. The van der Waals surface area contributed by atoms with Crippen molar-refractivity contribution in [3.63, 3.8) is 0 Å². The number of amides is 2. The molecule has 0 bridgehead atoms. The molecule has 5 nitrogen and oxygen atoms in total. The van der Waals surface area contributed by atoms with Crippen LogP contribution in [-0.4, -0.2) is 54.3 Å². The lowest BCUT2D eigenvalue weighted by Crippen LogP contribution is -2.48. The van der Waals surface area contributed by atoms with E-state index in [1.54, 1.807) is 0 Å². The Morgan fingerprint density at radius 3 is 2.27 bits per heavy atom. The minimum Gasteiger partial charge on any atom is -0.340 e. The zero-order chi connectivity index (χ0) is 15.9. The Morgan fingerprint density at radius 1 is 1.09 bits per heavy atom. The van der Waals surface area contributed by atoms with Gasteiger partial charge in [-0.05, 0) is 24.1 Å². The second kappa shape index (κ2) is 7.94. The predicted molar refractivity (Wildman–Crippen MR) is 87.8 cm³/mol. The Bertz CT molecular complexity index is 505. The molecule has 0 unspecified atom stereocenters. The summed E-state index contributed by atoms with van der Waals surface area (Å²) in [5, 5.41) is 2.77. The van der Waals surface area contributed by atoms with E-state index >= 15 is 0 Å². The third-order valence-electron chi connectivity index (χ3n) is 4.02. The Kier molecular flexibility index (Phi) is 5.95. The first-order valence-electron chi connectivity index (χ1n) is 7.95. The number of piperazine rings is 1. The van der Waals surface area contributed by atoms with Gasteiger partial charge in [0.15, 0.2) is 0 Å². The van der Waals surface area contributed by atoms with E-state index in [1.807, 2.05) is 24.0 Å². The highest BCUT2D eigenvalue weighted by Crippen LogP contribution is 2.11. The maximum absolute atomic E-state index is 11.6. The molecular weight excluding hydrogens is 278 g/mol. The van der Waals surface area contributed by atoms with Crippen molar-refractivity contribution in [2.45, 2.75) is 26.7 Å². The van der Waals surface area contributed by atoms with Crippen LogP contribution in [-0.2, 0) is 16.0 Å². The van der Waals surface area contributed by atoms with Crippen molar-refractivity contribution in [2.24, 2.45) is 0 Å². The number of hydrogen-bond donors (Lipinski definition) is 1. The highest BCUT2D eigenvalue weighted by Gasteiger charge is 2.19. The zero-order valence-corrected chi connectivity index (χ0v) is 13.5. The molecule has 1 aliphatic heterocycles.